The lowest BCUT2D eigenvalue weighted by Crippen LogP contribution is -2.61. The molecule has 9 heteroatoms. The van der Waals surface area contributed by atoms with Crippen LogP contribution in [0.2, 0.25) is 0 Å². The molecule has 148 valence electrons. The van der Waals surface area contributed by atoms with E-state index < -0.39 is 0 Å². The highest BCUT2D eigenvalue weighted by Crippen LogP contribution is 2.35. The lowest BCUT2D eigenvalue weighted by molar-refractivity contribution is -0.128. The standard InChI is InChI=1S/C18H27N5O3S/c1-11-12(2)27-17(19-11)20-16(26)9-22-6-5-18(21-13(3)24)10-23(14(4)25)8-15(18)7-22/h15H,5-10H2,1-4H3,(H,21,24)(H,19,20,26)/t15-,18-/m1/s1. The van der Waals surface area contributed by atoms with E-state index in [0.717, 1.165) is 17.0 Å². The number of nitrogens with one attached hydrogen (secondary N) is 2. The van der Waals surface area contributed by atoms with Gasteiger partial charge >= 0.3 is 0 Å². The molecule has 1 aromatic rings. The lowest BCUT2D eigenvalue weighted by Gasteiger charge is -2.43. The topological polar surface area (TPSA) is 94.6 Å². The molecular weight excluding hydrogens is 366 g/mol. The van der Waals surface area contributed by atoms with E-state index in [1.807, 2.05) is 13.8 Å². The molecule has 3 rings (SSSR count). The number of thiazole rings is 1. The van der Waals surface area contributed by atoms with Crippen molar-refractivity contribution in [3.63, 3.8) is 0 Å². The maximum atomic E-state index is 12.4. The molecule has 0 spiro atoms. The van der Waals surface area contributed by atoms with Gasteiger partial charge in [-0.1, -0.05) is 0 Å². The van der Waals surface area contributed by atoms with Crippen LogP contribution in [0.4, 0.5) is 5.13 Å². The molecule has 0 aromatic carbocycles. The number of likely N-dealkylation sites (tertiary alicyclic amines) is 2. The average Bonchev–Trinajstić information content (AvgIpc) is 3.07. The number of piperidine rings is 1. The Bertz CT molecular complexity index is 745. The van der Waals surface area contributed by atoms with Gasteiger partial charge < -0.3 is 15.5 Å². The Hall–Kier alpha value is -2.00. The summed E-state index contributed by atoms with van der Waals surface area (Å²) in [5.41, 5.74) is 0.553. The SMILES string of the molecule is CC(=O)N[C@@]12CCN(CC(=O)Nc3nc(C)c(C)s3)C[C@@H]1CN(C(C)=O)C2. The van der Waals surface area contributed by atoms with Gasteiger partial charge in [-0.25, -0.2) is 4.98 Å². The number of hydrogen-bond donors (Lipinski definition) is 2. The zero-order chi connectivity index (χ0) is 19.8. The molecule has 0 aliphatic carbocycles. The quantitative estimate of drug-likeness (QED) is 0.788. The molecule has 2 N–H and O–H groups in total. The predicted molar refractivity (Wildman–Crippen MR) is 104 cm³/mol. The summed E-state index contributed by atoms with van der Waals surface area (Å²) in [4.78, 5) is 45.3. The van der Waals surface area contributed by atoms with Crippen molar-refractivity contribution in [1.29, 1.82) is 0 Å². The van der Waals surface area contributed by atoms with Crippen molar-refractivity contribution < 1.29 is 14.4 Å². The zero-order valence-electron chi connectivity index (χ0n) is 16.3. The summed E-state index contributed by atoms with van der Waals surface area (Å²) < 4.78 is 0. The Labute approximate surface area is 163 Å². The van der Waals surface area contributed by atoms with Gasteiger partial charge in [0.15, 0.2) is 5.13 Å². The molecule has 2 atom stereocenters. The van der Waals surface area contributed by atoms with Crippen molar-refractivity contribution in [3.8, 4) is 0 Å². The van der Waals surface area contributed by atoms with Gasteiger partial charge in [0.05, 0.1) is 17.8 Å². The van der Waals surface area contributed by atoms with E-state index in [0.29, 0.717) is 31.3 Å². The fourth-order valence-corrected chi connectivity index (χ4v) is 4.91. The zero-order valence-corrected chi connectivity index (χ0v) is 17.1. The van der Waals surface area contributed by atoms with Crippen LogP contribution in [0.3, 0.4) is 0 Å². The molecular formula is C18H27N5O3S. The summed E-state index contributed by atoms with van der Waals surface area (Å²) in [6.45, 7) is 9.79. The van der Waals surface area contributed by atoms with Crippen molar-refractivity contribution in [2.75, 3.05) is 38.0 Å². The summed E-state index contributed by atoms with van der Waals surface area (Å²) in [6, 6.07) is 0. The molecule has 3 heterocycles. The normalized spacial score (nSPS) is 25.2. The largest absolute Gasteiger partial charge is 0.349 e. The number of rotatable bonds is 4. The summed E-state index contributed by atoms with van der Waals surface area (Å²) in [6.07, 6.45) is 0.726. The van der Waals surface area contributed by atoms with E-state index in [-0.39, 0.29) is 35.7 Å². The summed E-state index contributed by atoms with van der Waals surface area (Å²) in [5.74, 6) is -0.0209. The molecule has 0 radical (unpaired) electrons. The number of carbonyl (C=O) groups is 3. The van der Waals surface area contributed by atoms with Crippen LogP contribution in [0.15, 0.2) is 0 Å². The molecule has 0 saturated carbocycles. The van der Waals surface area contributed by atoms with Crippen molar-refractivity contribution in [3.05, 3.63) is 10.6 Å². The van der Waals surface area contributed by atoms with Crippen LogP contribution in [0, 0.1) is 19.8 Å². The van der Waals surface area contributed by atoms with Crippen LogP contribution in [0.1, 0.15) is 30.8 Å². The number of nitrogens with zero attached hydrogens (tertiary/aromatic N) is 3. The van der Waals surface area contributed by atoms with Gasteiger partial charge in [0.2, 0.25) is 17.7 Å². The first-order valence-electron chi connectivity index (χ1n) is 9.19. The van der Waals surface area contributed by atoms with Crippen molar-refractivity contribution >= 4 is 34.2 Å². The highest BCUT2D eigenvalue weighted by molar-refractivity contribution is 7.15. The van der Waals surface area contributed by atoms with Crippen LogP contribution in [-0.4, -0.2) is 70.8 Å². The molecule has 1 aromatic heterocycles. The van der Waals surface area contributed by atoms with Crippen LogP contribution in [0.25, 0.3) is 0 Å². The van der Waals surface area contributed by atoms with Crippen molar-refractivity contribution in [2.24, 2.45) is 5.92 Å². The summed E-state index contributed by atoms with van der Waals surface area (Å²) in [5, 5.41) is 6.60. The molecule has 2 fully saturated rings. The molecule has 2 saturated heterocycles. The first-order chi connectivity index (χ1) is 12.7. The first kappa shape index (κ1) is 19.8. The van der Waals surface area contributed by atoms with Crippen LogP contribution >= 0.6 is 11.3 Å². The molecule has 0 bridgehead atoms. The van der Waals surface area contributed by atoms with Crippen molar-refractivity contribution in [1.82, 2.24) is 20.1 Å². The number of anilines is 1. The van der Waals surface area contributed by atoms with Gasteiger partial charge in [0, 0.05) is 50.8 Å². The van der Waals surface area contributed by atoms with Crippen LogP contribution in [0.5, 0.6) is 0 Å². The second kappa shape index (κ2) is 7.55. The summed E-state index contributed by atoms with van der Waals surface area (Å²) in [7, 11) is 0. The Morgan fingerprint density at radius 1 is 1.26 bits per heavy atom. The molecule has 27 heavy (non-hydrogen) atoms. The second-order valence-electron chi connectivity index (χ2n) is 7.63. The molecule has 8 nitrogen and oxygen atoms in total. The van der Waals surface area contributed by atoms with Gasteiger partial charge in [-0.05, 0) is 20.3 Å². The predicted octanol–water partition coefficient (Wildman–Crippen LogP) is 0.757. The van der Waals surface area contributed by atoms with E-state index >= 15 is 0 Å². The fraction of sp³-hybridized carbons (Fsp3) is 0.667. The smallest absolute Gasteiger partial charge is 0.240 e. The second-order valence-corrected chi connectivity index (χ2v) is 8.83. The van der Waals surface area contributed by atoms with Crippen LogP contribution < -0.4 is 10.6 Å². The fourth-order valence-electron chi connectivity index (χ4n) is 4.08. The number of aromatic nitrogens is 1. The third kappa shape index (κ3) is 4.30. The van der Waals surface area contributed by atoms with Gasteiger partial charge in [-0.3, -0.25) is 19.3 Å². The van der Waals surface area contributed by atoms with E-state index in [2.05, 4.69) is 20.5 Å². The Morgan fingerprint density at radius 2 is 2.00 bits per heavy atom. The molecule has 2 aliphatic rings. The minimum Gasteiger partial charge on any atom is -0.349 e. The Balaban J connectivity index is 1.62. The van der Waals surface area contributed by atoms with Gasteiger partial charge in [-0.15, -0.1) is 11.3 Å². The van der Waals surface area contributed by atoms with Gasteiger partial charge in [0.25, 0.3) is 0 Å². The maximum absolute atomic E-state index is 12.4. The van der Waals surface area contributed by atoms with E-state index in [1.54, 1.807) is 11.8 Å². The average molecular weight is 394 g/mol. The minimum atomic E-state index is -0.381. The number of carbonyl (C=O) groups excluding carboxylic acids is 3. The van der Waals surface area contributed by atoms with E-state index in [1.165, 1.54) is 18.3 Å². The Morgan fingerprint density at radius 3 is 2.59 bits per heavy atom. The lowest BCUT2D eigenvalue weighted by atomic mass is 9.80. The number of fused-ring (bicyclic) bond motifs is 1. The Kier molecular flexibility index (Phi) is 5.53. The molecule has 0 unspecified atom stereocenters. The van der Waals surface area contributed by atoms with Crippen LogP contribution in [-0.2, 0) is 14.4 Å². The third-order valence-electron chi connectivity index (χ3n) is 5.56. The summed E-state index contributed by atoms with van der Waals surface area (Å²) >= 11 is 1.48. The third-order valence-corrected chi connectivity index (χ3v) is 6.55. The van der Waals surface area contributed by atoms with Crippen molar-refractivity contribution in [2.45, 2.75) is 39.7 Å². The van der Waals surface area contributed by atoms with Gasteiger partial charge in [-0.2, -0.15) is 0 Å². The molecule has 2 aliphatic heterocycles. The number of aryl methyl sites for hydroxylation is 2. The highest BCUT2D eigenvalue weighted by Gasteiger charge is 2.50. The minimum absolute atomic E-state index is 0.0212. The first-order valence-corrected chi connectivity index (χ1v) is 10.0. The van der Waals surface area contributed by atoms with E-state index in [9.17, 15) is 14.4 Å². The monoisotopic (exact) mass is 393 g/mol. The molecule has 3 amide bonds. The van der Waals surface area contributed by atoms with Gasteiger partial charge in [0.1, 0.15) is 0 Å². The maximum Gasteiger partial charge on any atom is 0.240 e. The number of amides is 3. The highest BCUT2D eigenvalue weighted by atomic mass is 32.1. The van der Waals surface area contributed by atoms with E-state index in [4.69, 9.17) is 0 Å². The number of hydrogen-bond acceptors (Lipinski definition) is 6.